The fourth-order valence-corrected chi connectivity index (χ4v) is 2.54. The summed E-state index contributed by atoms with van der Waals surface area (Å²) in [5, 5.41) is 0. The van der Waals surface area contributed by atoms with E-state index >= 15 is 0 Å². The van der Waals surface area contributed by atoms with Crippen LogP contribution >= 0.6 is 0 Å². The first kappa shape index (κ1) is 15.1. The van der Waals surface area contributed by atoms with Crippen molar-refractivity contribution >= 4 is 12.0 Å². The van der Waals surface area contributed by atoms with Crippen LogP contribution in [0.25, 0.3) is 0 Å². The quantitative estimate of drug-likeness (QED) is 0.870. The number of cyclic esters (lactones) is 1. The summed E-state index contributed by atoms with van der Waals surface area (Å²) in [7, 11) is 0. The van der Waals surface area contributed by atoms with E-state index in [1.165, 1.54) is 0 Å². The van der Waals surface area contributed by atoms with Gasteiger partial charge in [-0.05, 0) is 24.6 Å². The molecule has 1 aliphatic rings. The average molecular weight is 311 g/mol. The van der Waals surface area contributed by atoms with Crippen molar-refractivity contribution in [2.75, 3.05) is 6.61 Å². The second-order valence-electron chi connectivity index (χ2n) is 5.28. The molecule has 5 heteroatoms. The maximum Gasteiger partial charge on any atom is 0.417 e. The summed E-state index contributed by atoms with van der Waals surface area (Å²) < 4.78 is 10.7. The Hall–Kier alpha value is -2.82. The van der Waals surface area contributed by atoms with E-state index < -0.39 is 24.1 Å². The zero-order valence-corrected chi connectivity index (χ0v) is 12.7. The van der Waals surface area contributed by atoms with Crippen molar-refractivity contribution in [2.24, 2.45) is 0 Å². The molecule has 1 aliphatic heterocycles. The minimum atomic E-state index is -0.783. The highest BCUT2D eigenvalue weighted by Gasteiger charge is 2.41. The Morgan fingerprint density at radius 3 is 2.39 bits per heavy atom. The molecule has 2 atom stereocenters. The van der Waals surface area contributed by atoms with Gasteiger partial charge in [-0.2, -0.15) is 0 Å². The van der Waals surface area contributed by atoms with Crippen molar-refractivity contribution in [1.29, 1.82) is 0 Å². The molecular formula is C18H17NO4. The van der Waals surface area contributed by atoms with E-state index in [9.17, 15) is 9.59 Å². The molecule has 0 bridgehead atoms. The molecule has 0 unspecified atom stereocenters. The van der Waals surface area contributed by atoms with Gasteiger partial charge in [-0.3, -0.25) is 4.79 Å². The fourth-order valence-electron chi connectivity index (χ4n) is 2.54. The van der Waals surface area contributed by atoms with Gasteiger partial charge in [-0.25, -0.2) is 9.69 Å². The van der Waals surface area contributed by atoms with Crippen molar-refractivity contribution in [2.45, 2.75) is 19.1 Å². The van der Waals surface area contributed by atoms with Crippen molar-refractivity contribution in [1.82, 2.24) is 4.90 Å². The molecule has 0 spiro atoms. The molecule has 118 valence electrons. The molecule has 1 saturated heterocycles. The minimum absolute atomic E-state index is 0.159. The normalized spacial score (nSPS) is 18.4. The van der Waals surface area contributed by atoms with Gasteiger partial charge >= 0.3 is 6.09 Å². The zero-order valence-electron chi connectivity index (χ0n) is 12.7. The van der Waals surface area contributed by atoms with Crippen LogP contribution in [-0.4, -0.2) is 29.6 Å². The highest BCUT2D eigenvalue weighted by molar-refractivity contribution is 5.96. The second kappa shape index (κ2) is 6.52. The van der Waals surface area contributed by atoms with Gasteiger partial charge in [0.05, 0.1) is 0 Å². The molecule has 1 fully saturated rings. The Morgan fingerprint density at radius 2 is 1.74 bits per heavy atom. The zero-order chi connectivity index (χ0) is 16.2. The number of hydrogen-bond acceptors (Lipinski definition) is 4. The molecule has 2 amide bonds. The van der Waals surface area contributed by atoms with E-state index in [1.54, 1.807) is 19.1 Å². The standard InChI is InChI=1S/C18H17NO4/c1-13(23-15-10-6-3-7-11-15)17(20)19-16(12-22-18(19)21)14-8-4-2-5-9-14/h2-11,13,16H,12H2,1H3/t13-,16+/m1/s1. The second-order valence-corrected chi connectivity index (χ2v) is 5.28. The minimum Gasteiger partial charge on any atom is -0.481 e. The summed E-state index contributed by atoms with van der Waals surface area (Å²) in [6.45, 7) is 1.79. The monoisotopic (exact) mass is 311 g/mol. The van der Waals surface area contributed by atoms with Crippen LogP contribution in [0.2, 0.25) is 0 Å². The lowest BCUT2D eigenvalue weighted by atomic mass is 10.1. The number of nitrogens with zero attached hydrogens (tertiary/aromatic N) is 1. The number of carbonyl (C=O) groups is 2. The number of imide groups is 1. The number of amides is 2. The molecule has 2 aromatic carbocycles. The maximum absolute atomic E-state index is 12.6. The molecule has 0 aromatic heterocycles. The first-order valence-corrected chi connectivity index (χ1v) is 7.43. The van der Waals surface area contributed by atoms with Gasteiger partial charge in [0.1, 0.15) is 18.4 Å². The number of benzene rings is 2. The van der Waals surface area contributed by atoms with E-state index in [0.717, 1.165) is 10.5 Å². The number of rotatable bonds is 4. The van der Waals surface area contributed by atoms with Crippen LogP contribution in [0, 0.1) is 0 Å². The molecule has 2 aromatic rings. The smallest absolute Gasteiger partial charge is 0.417 e. The summed E-state index contributed by atoms with van der Waals surface area (Å²) in [5.41, 5.74) is 0.860. The van der Waals surface area contributed by atoms with Gasteiger partial charge in [-0.1, -0.05) is 48.5 Å². The third-order valence-corrected chi connectivity index (χ3v) is 3.70. The van der Waals surface area contributed by atoms with Crippen LogP contribution in [-0.2, 0) is 9.53 Å². The molecule has 23 heavy (non-hydrogen) atoms. The first-order chi connectivity index (χ1) is 11.2. The average Bonchev–Trinajstić information content (AvgIpc) is 2.97. The van der Waals surface area contributed by atoms with Crippen LogP contribution in [0.15, 0.2) is 60.7 Å². The van der Waals surface area contributed by atoms with Crippen molar-refractivity contribution in [3.05, 3.63) is 66.2 Å². The van der Waals surface area contributed by atoms with Crippen molar-refractivity contribution in [3.63, 3.8) is 0 Å². The lowest BCUT2D eigenvalue weighted by molar-refractivity contribution is -0.135. The summed E-state index contributed by atoms with van der Waals surface area (Å²) in [5.74, 6) is 0.169. The Morgan fingerprint density at radius 1 is 1.13 bits per heavy atom. The fraction of sp³-hybridized carbons (Fsp3) is 0.222. The predicted molar refractivity (Wildman–Crippen MR) is 83.9 cm³/mol. The van der Waals surface area contributed by atoms with Gasteiger partial charge < -0.3 is 9.47 Å². The molecular weight excluding hydrogens is 294 g/mol. The molecule has 0 aliphatic carbocycles. The molecule has 0 N–H and O–H groups in total. The van der Waals surface area contributed by atoms with Crippen LogP contribution in [0.1, 0.15) is 18.5 Å². The molecule has 1 heterocycles. The van der Waals surface area contributed by atoms with Crippen molar-refractivity contribution in [3.8, 4) is 5.75 Å². The highest BCUT2D eigenvalue weighted by atomic mass is 16.6. The first-order valence-electron chi connectivity index (χ1n) is 7.43. The lowest BCUT2D eigenvalue weighted by Crippen LogP contribution is -2.42. The van der Waals surface area contributed by atoms with Gasteiger partial charge in [-0.15, -0.1) is 0 Å². The Labute approximate surface area is 134 Å². The van der Waals surface area contributed by atoms with Gasteiger partial charge in [0.2, 0.25) is 0 Å². The Bertz CT molecular complexity index is 687. The maximum atomic E-state index is 12.6. The number of hydrogen-bond donors (Lipinski definition) is 0. The van der Waals surface area contributed by atoms with Crippen LogP contribution in [0.5, 0.6) is 5.75 Å². The van der Waals surface area contributed by atoms with E-state index in [-0.39, 0.29) is 6.61 Å². The molecule has 5 nitrogen and oxygen atoms in total. The van der Waals surface area contributed by atoms with E-state index in [2.05, 4.69) is 0 Å². The largest absolute Gasteiger partial charge is 0.481 e. The van der Waals surface area contributed by atoms with Crippen LogP contribution in [0.4, 0.5) is 4.79 Å². The molecule has 3 rings (SSSR count). The third-order valence-electron chi connectivity index (χ3n) is 3.70. The van der Waals surface area contributed by atoms with E-state index in [0.29, 0.717) is 5.75 Å². The topological polar surface area (TPSA) is 55.8 Å². The summed E-state index contributed by atoms with van der Waals surface area (Å²) in [6.07, 6.45) is -1.42. The third kappa shape index (κ3) is 3.18. The van der Waals surface area contributed by atoms with Gasteiger partial charge in [0.25, 0.3) is 5.91 Å². The lowest BCUT2D eigenvalue weighted by Gasteiger charge is -2.23. The summed E-state index contributed by atoms with van der Waals surface area (Å²) in [4.78, 5) is 25.8. The number of para-hydroxylation sites is 1. The van der Waals surface area contributed by atoms with Crippen LogP contribution < -0.4 is 4.74 Å². The van der Waals surface area contributed by atoms with Gasteiger partial charge in [0.15, 0.2) is 6.10 Å². The van der Waals surface area contributed by atoms with Gasteiger partial charge in [0, 0.05) is 0 Å². The van der Waals surface area contributed by atoms with E-state index in [4.69, 9.17) is 9.47 Å². The highest BCUT2D eigenvalue weighted by Crippen LogP contribution is 2.28. The molecule has 0 radical (unpaired) electrons. The Kier molecular flexibility index (Phi) is 4.28. The SMILES string of the molecule is C[C@@H](Oc1ccccc1)C(=O)N1C(=O)OC[C@H]1c1ccccc1. The predicted octanol–water partition coefficient (Wildman–Crippen LogP) is 3.17. The number of ether oxygens (including phenoxy) is 2. The number of carbonyl (C=O) groups excluding carboxylic acids is 2. The van der Waals surface area contributed by atoms with Crippen molar-refractivity contribution < 1.29 is 19.1 Å². The Balaban J connectivity index is 1.77. The molecule has 0 saturated carbocycles. The van der Waals surface area contributed by atoms with Crippen LogP contribution in [0.3, 0.4) is 0 Å². The summed E-state index contributed by atoms with van der Waals surface area (Å²) >= 11 is 0. The van der Waals surface area contributed by atoms with E-state index in [1.807, 2.05) is 48.5 Å². The summed E-state index contributed by atoms with van der Waals surface area (Å²) in [6, 6.07) is 18.0.